The Balaban J connectivity index is 2.77. The summed E-state index contributed by atoms with van der Waals surface area (Å²) in [6, 6.07) is 0. The van der Waals surface area contributed by atoms with Gasteiger partial charge in [-0.3, -0.25) is 9.59 Å². The van der Waals surface area contributed by atoms with Gasteiger partial charge in [0, 0.05) is 12.1 Å². The Labute approximate surface area is 108 Å². The molecule has 1 aliphatic rings. The zero-order valence-electron chi connectivity index (χ0n) is 11.8. The van der Waals surface area contributed by atoms with Crippen molar-refractivity contribution in [2.45, 2.75) is 40.2 Å². The molecule has 0 radical (unpaired) electrons. The maximum Gasteiger partial charge on any atom is 0.311 e. The molecule has 5 heteroatoms. The molecule has 1 amide bonds. The van der Waals surface area contributed by atoms with Gasteiger partial charge in [-0.05, 0) is 40.2 Å². The molecule has 0 aromatic rings. The predicted octanol–water partition coefficient (Wildman–Crippen LogP) is 0.847. The third-order valence-electron chi connectivity index (χ3n) is 4.39. The van der Waals surface area contributed by atoms with Gasteiger partial charge < -0.3 is 15.7 Å². The molecule has 0 unspecified atom stereocenters. The number of carboxylic acids is 1. The van der Waals surface area contributed by atoms with Crippen molar-refractivity contribution in [3.8, 4) is 0 Å². The lowest BCUT2D eigenvalue weighted by Crippen LogP contribution is -2.58. The summed E-state index contributed by atoms with van der Waals surface area (Å²) in [5.74, 6) is -0.764. The van der Waals surface area contributed by atoms with Crippen LogP contribution in [0.1, 0.15) is 34.6 Å². The van der Waals surface area contributed by atoms with Crippen LogP contribution in [0.4, 0.5) is 0 Å². The molecular weight excluding hydrogens is 232 g/mol. The molecule has 0 bridgehead atoms. The number of carbonyl (C=O) groups is 2. The molecule has 0 aliphatic carbocycles. The van der Waals surface area contributed by atoms with Crippen LogP contribution in [-0.4, -0.2) is 35.6 Å². The molecule has 2 atom stereocenters. The average molecular weight is 256 g/mol. The van der Waals surface area contributed by atoms with E-state index in [-0.39, 0.29) is 17.7 Å². The number of aliphatic carboxylic acids is 1. The first-order valence-electron chi connectivity index (χ1n) is 6.35. The molecule has 0 aromatic carbocycles. The van der Waals surface area contributed by atoms with Crippen molar-refractivity contribution in [2.75, 3.05) is 13.1 Å². The van der Waals surface area contributed by atoms with Crippen LogP contribution in [0.5, 0.6) is 0 Å². The molecule has 1 fully saturated rings. The zero-order chi connectivity index (χ0) is 14.1. The minimum absolute atomic E-state index is 0.0631. The van der Waals surface area contributed by atoms with Gasteiger partial charge >= 0.3 is 5.97 Å². The molecule has 1 saturated heterocycles. The second-order valence-corrected chi connectivity index (χ2v) is 6.29. The quantitative estimate of drug-likeness (QED) is 0.696. The van der Waals surface area contributed by atoms with Gasteiger partial charge in [-0.2, -0.15) is 0 Å². The van der Waals surface area contributed by atoms with Gasteiger partial charge in [0.2, 0.25) is 5.91 Å². The fourth-order valence-corrected chi connectivity index (χ4v) is 1.99. The van der Waals surface area contributed by atoms with Gasteiger partial charge in [0.25, 0.3) is 0 Å². The lowest BCUT2D eigenvalue weighted by Gasteiger charge is -2.39. The Bertz CT molecular complexity index is 350. The van der Waals surface area contributed by atoms with Crippen LogP contribution in [0, 0.1) is 17.3 Å². The minimum atomic E-state index is -1.02. The predicted molar refractivity (Wildman–Crippen MR) is 69.2 cm³/mol. The van der Waals surface area contributed by atoms with Crippen LogP contribution in [0.2, 0.25) is 0 Å². The molecule has 104 valence electrons. The summed E-state index contributed by atoms with van der Waals surface area (Å²) < 4.78 is 0. The summed E-state index contributed by atoms with van der Waals surface area (Å²) >= 11 is 0. The van der Waals surface area contributed by atoms with E-state index in [1.165, 1.54) is 0 Å². The number of hydrogen-bond acceptors (Lipinski definition) is 3. The lowest BCUT2D eigenvalue weighted by atomic mass is 9.74. The second kappa shape index (κ2) is 4.88. The Kier molecular flexibility index (Phi) is 4.05. The van der Waals surface area contributed by atoms with Crippen molar-refractivity contribution in [3.05, 3.63) is 0 Å². The molecule has 3 N–H and O–H groups in total. The van der Waals surface area contributed by atoms with E-state index >= 15 is 0 Å². The standard InChI is InChI=1S/C13H24N2O3/c1-8-6-14-7-9(8)10(16)15-13(4,5)12(2,3)11(17)18/h8-9,14H,6-7H2,1-5H3,(H,15,16)(H,17,18)/t8-,9-/m1/s1. The van der Waals surface area contributed by atoms with Crippen LogP contribution in [-0.2, 0) is 9.59 Å². The molecule has 1 rings (SSSR count). The fourth-order valence-electron chi connectivity index (χ4n) is 1.99. The molecule has 18 heavy (non-hydrogen) atoms. The van der Waals surface area contributed by atoms with Crippen LogP contribution in [0.3, 0.4) is 0 Å². The Morgan fingerprint density at radius 1 is 1.22 bits per heavy atom. The van der Waals surface area contributed by atoms with Crippen molar-refractivity contribution in [1.82, 2.24) is 10.6 Å². The molecular formula is C13H24N2O3. The number of carbonyl (C=O) groups excluding carboxylic acids is 1. The van der Waals surface area contributed by atoms with E-state index in [9.17, 15) is 14.7 Å². The number of rotatable bonds is 4. The molecule has 0 aromatic heterocycles. The van der Waals surface area contributed by atoms with Crippen molar-refractivity contribution < 1.29 is 14.7 Å². The Hall–Kier alpha value is -1.10. The molecule has 1 aliphatic heterocycles. The molecule has 0 saturated carbocycles. The Morgan fingerprint density at radius 2 is 1.78 bits per heavy atom. The third-order valence-corrected chi connectivity index (χ3v) is 4.39. The monoisotopic (exact) mass is 256 g/mol. The van der Waals surface area contributed by atoms with E-state index in [1.54, 1.807) is 27.7 Å². The highest BCUT2D eigenvalue weighted by molar-refractivity contribution is 5.82. The van der Waals surface area contributed by atoms with Crippen LogP contribution in [0.25, 0.3) is 0 Å². The minimum Gasteiger partial charge on any atom is -0.481 e. The van der Waals surface area contributed by atoms with E-state index < -0.39 is 16.9 Å². The summed E-state index contributed by atoms with van der Waals surface area (Å²) in [4.78, 5) is 23.5. The van der Waals surface area contributed by atoms with Crippen LogP contribution >= 0.6 is 0 Å². The van der Waals surface area contributed by atoms with Crippen molar-refractivity contribution >= 4 is 11.9 Å². The average Bonchev–Trinajstić information content (AvgIpc) is 2.63. The zero-order valence-corrected chi connectivity index (χ0v) is 11.8. The van der Waals surface area contributed by atoms with Crippen LogP contribution < -0.4 is 10.6 Å². The highest BCUT2D eigenvalue weighted by Gasteiger charge is 2.45. The number of nitrogens with one attached hydrogen (secondary N) is 2. The summed E-state index contributed by atoms with van der Waals surface area (Å²) in [6.07, 6.45) is 0. The number of carboxylic acid groups (broad SMARTS) is 1. The molecule has 1 heterocycles. The van der Waals surface area contributed by atoms with Gasteiger partial charge in [0.15, 0.2) is 0 Å². The fraction of sp³-hybridized carbons (Fsp3) is 0.846. The second-order valence-electron chi connectivity index (χ2n) is 6.29. The van der Waals surface area contributed by atoms with Gasteiger partial charge in [-0.25, -0.2) is 0 Å². The first-order chi connectivity index (χ1) is 8.09. The van der Waals surface area contributed by atoms with E-state index in [0.717, 1.165) is 6.54 Å². The maximum atomic E-state index is 12.2. The normalized spacial score (nSPS) is 24.9. The smallest absolute Gasteiger partial charge is 0.311 e. The van der Waals surface area contributed by atoms with E-state index in [1.807, 2.05) is 6.92 Å². The van der Waals surface area contributed by atoms with Crippen LogP contribution in [0.15, 0.2) is 0 Å². The highest BCUT2D eigenvalue weighted by Crippen LogP contribution is 2.31. The summed E-state index contributed by atoms with van der Waals surface area (Å²) in [7, 11) is 0. The van der Waals surface area contributed by atoms with Gasteiger partial charge in [-0.15, -0.1) is 0 Å². The summed E-state index contributed by atoms with van der Waals surface area (Å²) in [5.41, 5.74) is -1.81. The largest absolute Gasteiger partial charge is 0.481 e. The van der Waals surface area contributed by atoms with E-state index in [0.29, 0.717) is 6.54 Å². The molecule has 0 spiro atoms. The summed E-state index contributed by atoms with van der Waals surface area (Å²) in [6.45, 7) is 10.3. The summed E-state index contributed by atoms with van der Waals surface area (Å²) in [5, 5.41) is 15.3. The van der Waals surface area contributed by atoms with E-state index in [4.69, 9.17) is 0 Å². The van der Waals surface area contributed by atoms with Crippen molar-refractivity contribution in [3.63, 3.8) is 0 Å². The molecule has 5 nitrogen and oxygen atoms in total. The van der Waals surface area contributed by atoms with Crippen molar-refractivity contribution in [2.24, 2.45) is 17.3 Å². The number of amides is 1. The number of hydrogen-bond donors (Lipinski definition) is 3. The van der Waals surface area contributed by atoms with Gasteiger partial charge in [-0.1, -0.05) is 6.92 Å². The van der Waals surface area contributed by atoms with Gasteiger partial charge in [0.05, 0.1) is 11.3 Å². The first-order valence-corrected chi connectivity index (χ1v) is 6.35. The Morgan fingerprint density at radius 3 is 2.17 bits per heavy atom. The SMILES string of the molecule is C[C@@H]1CNC[C@H]1C(=O)NC(C)(C)C(C)(C)C(=O)O. The first kappa shape index (κ1) is 15.0. The maximum absolute atomic E-state index is 12.2. The van der Waals surface area contributed by atoms with E-state index in [2.05, 4.69) is 10.6 Å². The lowest BCUT2D eigenvalue weighted by molar-refractivity contribution is -0.152. The van der Waals surface area contributed by atoms with Crippen molar-refractivity contribution in [1.29, 1.82) is 0 Å². The highest BCUT2D eigenvalue weighted by atomic mass is 16.4. The van der Waals surface area contributed by atoms with Gasteiger partial charge in [0.1, 0.15) is 0 Å². The third kappa shape index (κ3) is 2.66. The topological polar surface area (TPSA) is 78.4 Å².